The van der Waals surface area contributed by atoms with Crippen LogP contribution in [0.2, 0.25) is 0 Å². The Balaban J connectivity index is 2.34. The molecule has 0 aliphatic heterocycles. The van der Waals surface area contributed by atoms with Crippen molar-refractivity contribution in [3.8, 4) is 0 Å². The Hall–Kier alpha value is -1.28. The van der Waals surface area contributed by atoms with Gasteiger partial charge in [-0.25, -0.2) is 18.1 Å². The van der Waals surface area contributed by atoms with E-state index in [1.807, 2.05) is 12.3 Å². The molecule has 0 bridgehead atoms. The van der Waals surface area contributed by atoms with Crippen LogP contribution in [0.4, 0.5) is 0 Å². The summed E-state index contributed by atoms with van der Waals surface area (Å²) in [5.74, 6) is 0. The van der Waals surface area contributed by atoms with Crippen molar-refractivity contribution in [2.75, 3.05) is 0 Å². The van der Waals surface area contributed by atoms with Crippen molar-refractivity contribution in [3.05, 3.63) is 45.9 Å². The molecule has 1 unspecified atom stereocenters. The zero-order valence-corrected chi connectivity index (χ0v) is 13.5. The molecule has 2 N–H and O–H groups in total. The average molecular weight is 326 g/mol. The van der Waals surface area contributed by atoms with E-state index in [9.17, 15) is 13.5 Å². The van der Waals surface area contributed by atoms with Gasteiger partial charge in [-0.1, -0.05) is 19.1 Å². The number of nitrogens with one attached hydrogen (secondary N) is 1. The monoisotopic (exact) mass is 326 g/mol. The predicted molar refractivity (Wildman–Crippen MR) is 82.6 cm³/mol. The lowest BCUT2D eigenvalue weighted by atomic mass is 10.2. The summed E-state index contributed by atoms with van der Waals surface area (Å²) >= 11 is 1.43. The first-order valence-corrected chi connectivity index (χ1v) is 8.96. The van der Waals surface area contributed by atoms with Gasteiger partial charge in [0.15, 0.2) is 0 Å². The molecule has 0 fully saturated rings. The maximum atomic E-state index is 12.6. The molecule has 0 aliphatic rings. The van der Waals surface area contributed by atoms with Gasteiger partial charge in [-0.05, 0) is 30.5 Å². The van der Waals surface area contributed by atoms with E-state index >= 15 is 0 Å². The first-order valence-electron chi connectivity index (χ1n) is 6.60. The normalized spacial score (nSPS) is 13.3. The van der Waals surface area contributed by atoms with E-state index < -0.39 is 10.0 Å². The van der Waals surface area contributed by atoms with Crippen LogP contribution in [0, 0.1) is 6.92 Å². The molecular weight excluding hydrogens is 308 g/mol. The van der Waals surface area contributed by atoms with E-state index in [0.29, 0.717) is 17.5 Å². The maximum Gasteiger partial charge on any atom is 0.241 e. The Kier molecular flexibility index (Phi) is 5.10. The van der Waals surface area contributed by atoms with E-state index in [1.165, 1.54) is 17.4 Å². The minimum atomic E-state index is -3.66. The van der Waals surface area contributed by atoms with Crippen LogP contribution in [-0.4, -0.2) is 18.5 Å². The van der Waals surface area contributed by atoms with E-state index in [1.54, 1.807) is 25.3 Å². The summed E-state index contributed by atoms with van der Waals surface area (Å²) in [4.78, 5) is 4.37. The molecule has 1 aromatic carbocycles. The first-order chi connectivity index (χ1) is 9.97. The topological polar surface area (TPSA) is 79.3 Å². The summed E-state index contributed by atoms with van der Waals surface area (Å²) in [7, 11) is -3.66. The summed E-state index contributed by atoms with van der Waals surface area (Å²) in [6.07, 6.45) is 2.28. The van der Waals surface area contributed by atoms with Crippen LogP contribution in [0.1, 0.15) is 35.5 Å². The maximum absolute atomic E-state index is 12.6. The average Bonchev–Trinajstić information content (AvgIpc) is 2.99. The molecule has 1 atom stereocenters. The zero-order valence-electron chi connectivity index (χ0n) is 11.9. The second-order valence-corrected chi connectivity index (χ2v) is 7.32. The van der Waals surface area contributed by atoms with Crippen molar-refractivity contribution in [1.29, 1.82) is 0 Å². The lowest BCUT2D eigenvalue weighted by Crippen LogP contribution is -2.29. The molecule has 0 radical (unpaired) electrons. The smallest absolute Gasteiger partial charge is 0.241 e. The molecule has 0 saturated carbocycles. The Morgan fingerprint density at radius 1 is 1.43 bits per heavy atom. The van der Waals surface area contributed by atoms with Gasteiger partial charge < -0.3 is 5.11 Å². The summed E-state index contributed by atoms with van der Waals surface area (Å²) in [5.41, 5.74) is 1.22. The number of thiazole rings is 1. The van der Waals surface area contributed by atoms with Crippen molar-refractivity contribution < 1.29 is 13.5 Å². The zero-order chi connectivity index (χ0) is 15.5. The molecule has 5 nitrogen and oxygen atoms in total. The van der Waals surface area contributed by atoms with E-state index in [4.69, 9.17) is 0 Å². The van der Waals surface area contributed by atoms with Crippen LogP contribution in [0.5, 0.6) is 0 Å². The van der Waals surface area contributed by atoms with Gasteiger partial charge in [0.1, 0.15) is 5.01 Å². The number of aliphatic hydroxyl groups is 1. The van der Waals surface area contributed by atoms with Gasteiger partial charge in [0.05, 0.1) is 17.5 Å². The van der Waals surface area contributed by atoms with E-state index in [0.717, 1.165) is 5.01 Å². The van der Waals surface area contributed by atoms with Gasteiger partial charge in [0.25, 0.3) is 0 Å². The number of aromatic nitrogens is 1. The minimum Gasteiger partial charge on any atom is -0.392 e. The molecule has 114 valence electrons. The molecule has 1 heterocycles. The highest BCUT2D eigenvalue weighted by Crippen LogP contribution is 2.24. The number of aliphatic hydroxyl groups excluding tert-OH is 1. The van der Waals surface area contributed by atoms with Crippen LogP contribution in [-0.2, 0) is 16.6 Å². The Bertz CT molecular complexity index is 697. The van der Waals surface area contributed by atoms with Crippen molar-refractivity contribution >= 4 is 21.4 Å². The molecule has 2 rings (SSSR count). The molecule has 0 aliphatic carbocycles. The molecule has 0 saturated heterocycles. The Morgan fingerprint density at radius 2 is 2.19 bits per heavy atom. The Morgan fingerprint density at radius 3 is 2.76 bits per heavy atom. The summed E-state index contributed by atoms with van der Waals surface area (Å²) in [6, 6.07) is 4.58. The molecule has 0 spiro atoms. The molecule has 7 heteroatoms. The van der Waals surface area contributed by atoms with Crippen LogP contribution < -0.4 is 4.72 Å². The fourth-order valence-corrected chi connectivity index (χ4v) is 4.42. The summed E-state index contributed by atoms with van der Waals surface area (Å²) in [5, 5.41) is 11.7. The van der Waals surface area contributed by atoms with Gasteiger partial charge in [-0.15, -0.1) is 11.3 Å². The predicted octanol–water partition coefficient (Wildman–Crippen LogP) is 2.37. The molecule has 21 heavy (non-hydrogen) atoms. The molecule has 2 aromatic rings. The van der Waals surface area contributed by atoms with Crippen molar-refractivity contribution in [3.63, 3.8) is 0 Å². The molecule has 1 aromatic heterocycles. The first kappa shape index (κ1) is 16.1. The standard InChI is InChI=1S/C14H18N2O3S2/c1-3-12(14-15-6-7-20-14)16-21(18,19)13-8-11(9-17)5-4-10(13)2/h4-8,12,16-17H,3,9H2,1-2H3. The number of hydrogen-bond acceptors (Lipinski definition) is 5. The fourth-order valence-electron chi connectivity index (χ4n) is 2.00. The van der Waals surface area contributed by atoms with Gasteiger partial charge >= 0.3 is 0 Å². The Labute approximate surface area is 128 Å². The highest BCUT2D eigenvalue weighted by molar-refractivity contribution is 7.89. The third kappa shape index (κ3) is 3.68. The highest BCUT2D eigenvalue weighted by atomic mass is 32.2. The van der Waals surface area contributed by atoms with Crippen LogP contribution in [0.25, 0.3) is 0 Å². The second-order valence-electron chi connectivity index (χ2n) is 4.71. The fraction of sp³-hybridized carbons (Fsp3) is 0.357. The van der Waals surface area contributed by atoms with Gasteiger partial charge in [-0.3, -0.25) is 0 Å². The van der Waals surface area contributed by atoms with E-state index in [2.05, 4.69) is 9.71 Å². The summed E-state index contributed by atoms with van der Waals surface area (Å²) < 4.78 is 27.8. The largest absolute Gasteiger partial charge is 0.392 e. The van der Waals surface area contributed by atoms with E-state index in [-0.39, 0.29) is 17.5 Å². The van der Waals surface area contributed by atoms with Gasteiger partial charge in [0, 0.05) is 11.6 Å². The quantitative estimate of drug-likeness (QED) is 0.854. The minimum absolute atomic E-state index is 0.188. The number of hydrogen-bond donors (Lipinski definition) is 2. The van der Waals surface area contributed by atoms with Gasteiger partial charge in [-0.2, -0.15) is 0 Å². The number of rotatable bonds is 6. The number of aryl methyl sites for hydroxylation is 1. The van der Waals surface area contributed by atoms with Crippen LogP contribution in [0.15, 0.2) is 34.7 Å². The molecular formula is C14H18N2O3S2. The van der Waals surface area contributed by atoms with Crippen LogP contribution >= 0.6 is 11.3 Å². The second kappa shape index (κ2) is 6.65. The van der Waals surface area contributed by atoms with Gasteiger partial charge in [0.2, 0.25) is 10.0 Å². The lowest BCUT2D eigenvalue weighted by Gasteiger charge is -2.16. The molecule has 0 amide bonds. The number of nitrogens with zero attached hydrogens (tertiary/aromatic N) is 1. The number of benzene rings is 1. The third-order valence-corrected chi connectivity index (χ3v) is 5.68. The SMILES string of the molecule is CCC(NS(=O)(=O)c1cc(CO)ccc1C)c1nccs1. The van der Waals surface area contributed by atoms with Crippen LogP contribution in [0.3, 0.4) is 0 Å². The van der Waals surface area contributed by atoms with Crippen molar-refractivity contribution in [1.82, 2.24) is 9.71 Å². The van der Waals surface area contributed by atoms with Crippen molar-refractivity contribution in [2.45, 2.75) is 37.8 Å². The third-order valence-electron chi connectivity index (χ3n) is 3.18. The summed E-state index contributed by atoms with van der Waals surface area (Å²) in [6.45, 7) is 3.46. The lowest BCUT2D eigenvalue weighted by molar-refractivity contribution is 0.281. The number of sulfonamides is 1. The highest BCUT2D eigenvalue weighted by Gasteiger charge is 2.23. The van der Waals surface area contributed by atoms with Crippen molar-refractivity contribution in [2.24, 2.45) is 0 Å².